The van der Waals surface area contributed by atoms with Crippen molar-refractivity contribution in [3.63, 3.8) is 0 Å². The summed E-state index contributed by atoms with van der Waals surface area (Å²) in [6.07, 6.45) is 0.819. The van der Waals surface area contributed by atoms with Gasteiger partial charge in [-0.2, -0.15) is 0 Å². The minimum atomic E-state index is -0.943. The van der Waals surface area contributed by atoms with Crippen LogP contribution in [0.4, 0.5) is 0 Å². The first-order chi connectivity index (χ1) is 7.84. The van der Waals surface area contributed by atoms with Crippen molar-refractivity contribution in [1.82, 2.24) is 0 Å². The number of esters is 1. The Morgan fingerprint density at radius 1 is 1.06 bits per heavy atom. The van der Waals surface area contributed by atoms with Crippen molar-refractivity contribution in [3.8, 4) is 0 Å². The molecule has 0 saturated heterocycles. The minimum Gasteiger partial charge on any atom is -0.481 e. The zero-order valence-electron chi connectivity index (χ0n) is 12.6. The molecule has 0 fully saturated rings. The van der Waals surface area contributed by atoms with Gasteiger partial charge >= 0.3 is 11.9 Å². The van der Waals surface area contributed by atoms with E-state index in [9.17, 15) is 9.59 Å². The summed E-state index contributed by atoms with van der Waals surface area (Å²) in [5.74, 6) is -1.22. The van der Waals surface area contributed by atoms with E-state index in [-0.39, 0.29) is 12.4 Å². The second kappa shape index (κ2) is 5.29. The maximum Gasteiger partial charge on any atom is 0.312 e. The molecule has 0 heterocycles. The van der Waals surface area contributed by atoms with E-state index >= 15 is 0 Å². The predicted octanol–water partition coefficient (Wildman–Crippen LogP) is 3.25. The fourth-order valence-corrected chi connectivity index (χ4v) is 1.79. The van der Waals surface area contributed by atoms with Gasteiger partial charge in [0, 0.05) is 0 Å². The Morgan fingerprint density at radius 2 is 1.50 bits per heavy atom. The van der Waals surface area contributed by atoms with Gasteiger partial charge < -0.3 is 9.84 Å². The molecule has 4 heteroatoms. The average Bonchev–Trinajstić information content (AvgIpc) is 2.13. The van der Waals surface area contributed by atoms with Crippen LogP contribution in [0.25, 0.3) is 0 Å². The van der Waals surface area contributed by atoms with Crippen molar-refractivity contribution in [2.24, 2.45) is 10.8 Å². The standard InChI is InChI=1S/C14H26O4/c1-8-14(7,9-13(5,6)10(15)16)11(17)18-12(2,3)4/h8-9H2,1-7H3,(H,15,16). The molecule has 0 spiro atoms. The van der Waals surface area contributed by atoms with Gasteiger partial charge in [-0.15, -0.1) is 0 Å². The van der Waals surface area contributed by atoms with Crippen molar-refractivity contribution in [3.05, 3.63) is 0 Å². The van der Waals surface area contributed by atoms with E-state index in [0.717, 1.165) is 0 Å². The number of ether oxygens (including phenoxy) is 1. The third-order valence-corrected chi connectivity index (χ3v) is 3.08. The van der Waals surface area contributed by atoms with Crippen LogP contribution in [0.1, 0.15) is 61.3 Å². The van der Waals surface area contributed by atoms with E-state index in [4.69, 9.17) is 9.84 Å². The van der Waals surface area contributed by atoms with E-state index in [1.807, 2.05) is 27.7 Å². The zero-order valence-corrected chi connectivity index (χ0v) is 12.6. The summed E-state index contributed by atoms with van der Waals surface area (Å²) in [5.41, 5.74) is -2.27. The molecule has 0 saturated carbocycles. The molecule has 0 aromatic rings. The predicted molar refractivity (Wildman–Crippen MR) is 70.3 cm³/mol. The SMILES string of the molecule is CCC(C)(CC(C)(C)C(=O)O)C(=O)OC(C)(C)C. The molecular weight excluding hydrogens is 232 g/mol. The number of carbonyl (C=O) groups excluding carboxylic acids is 1. The maximum atomic E-state index is 12.2. The number of carbonyl (C=O) groups is 2. The average molecular weight is 258 g/mol. The molecule has 1 unspecified atom stereocenters. The second-order valence-corrected chi connectivity index (χ2v) is 6.78. The highest BCUT2D eigenvalue weighted by Crippen LogP contribution is 2.38. The number of carboxylic acids is 1. The van der Waals surface area contributed by atoms with Crippen molar-refractivity contribution < 1.29 is 19.4 Å². The molecule has 1 N–H and O–H groups in total. The van der Waals surface area contributed by atoms with E-state index in [0.29, 0.717) is 6.42 Å². The Bertz CT molecular complexity index is 325. The highest BCUT2D eigenvalue weighted by atomic mass is 16.6. The Labute approximate surface area is 110 Å². The lowest BCUT2D eigenvalue weighted by Crippen LogP contribution is -2.40. The van der Waals surface area contributed by atoms with Gasteiger partial charge in [0.2, 0.25) is 0 Å². The molecule has 0 aliphatic heterocycles. The summed E-state index contributed by atoms with van der Waals surface area (Å²) in [7, 11) is 0. The topological polar surface area (TPSA) is 63.6 Å². The highest BCUT2D eigenvalue weighted by Gasteiger charge is 2.43. The lowest BCUT2D eigenvalue weighted by molar-refractivity contribution is -0.170. The van der Waals surface area contributed by atoms with Gasteiger partial charge in [0.25, 0.3) is 0 Å². The van der Waals surface area contributed by atoms with Crippen LogP contribution in [0.5, 0.6) is 0 Å². The highest BCUT2D eigenvalue weighted by molar-refractivity contribution is 5.79. The van der Waals surface area contributed by atoms with Crippen LogP contribution >= 0.6 is 0 Å². The molecule has 0 aromatic carbocycles. The van der Waals surface area contributed by atoms with E-state index in [1.54, 1.807) is 20.8 Å². The molecule has 0 amide bonds. The van der Waals surface area contributed by atoms with Crippen LogP contribution in [-0.2, 0) is 14.3 Å². The smallest absolute Gasteiger partial charge is 0.312 e. The van der Waals surface area contributed by atoms with Gasteiger partial charge in [0.15, 0.2) is 0 Å². The normalized spacial score (nSPS) is 15.9. The second-order valence-electron chi connectivity index (χ2n) is 6.78. The fourth-order valence-electron chi connectivity index (χ4n) is 1.79. The number of aliphatic carboxylic acids is 1. The molecule has 0 rings (SSSR count). The van der Waals surface area contributed by atoms with Gasteiger partial charge in [-0.25, -0.2) is 0 Å². The monoisotopic (exact) mass is 258 g/mol. The minimum absolute atomic E-state index is 0.265. The number of carboxylic acid groups (broad SMARTS) is 1. The summed E-state index contributed by atoms with van der Waals surface area (Å²) in [5, 5.41) is 9.16. The van der Waals surface area contributed by atoms with Crippen LogP contribution in [0, 0.1) is 10.8 Å². The molecule has 1 atom stereocenters. The number of rotatable bonds is 5. The summed E-state index contributed by atoms with van der Waals surface area (Å²) >= 11 is 0. The quantitative estimate of drug-likeness (QED) is 0.769. The first-order valence-electron chi connectivity index (χ1n) is 6.31. The Kier molecular flexibility index (Phi) is 4.98. The van der Waals surface area contributed by atoms with Crippen LogP contribution in [0.15, 0.2) is 0 Å². The largest absolute Gasteiger partial charge is 0.481 e. The molecule has 0 aliphatic carbocycles. The summed E-state index contributed by atoms with van der Waals surface area (Å²) < 4.78 is 5.39. The van der Waals surface area contributed by atoms with Crippen LogP contribution < -0.4 is 0 Å². The lowest BCUT2D eigenvalue weighted by Gasteiger charge is -2.35. The van der Waals surface area contributed by atoms with Crippen molar-refractivity contribution in [2.75, 3.05) is 0 Å². The van der Waals surface area contributed by atoms with Crippen LogP contribution in [0.2, 0.25) is 0 Å². The molecule has 4 nitrogen and oxygen atoms in total. The summed E-state index contributed by atoms with van der Waals surface area (Å²) in [6.45, 7) is 12.3. The van der Waals surface area contributed by atoms with Crippen molar-refractivity contribution in [1.29, 1.82) is 0 Å². The van der Waals surface area contributed by atoms with Gasteiger partial charge in [-0.05, 0) is 54.4 Å². The fraction of sp³-hybridized carbons (Fsp3) is 0.857. The van der Waals surface area contributed by atoms with Gasteiger partial charge in [0.05, 0.1) is 10.8 Å². The van der Waals surface area contributed by atoms with Crippen LogP contribution in [0.3, 0.4) is 0 Å². The first kappa shape index (κ1) is 16.9. The molecule has 18 heavy (non-hydrogen) atoms. The Morgan fingerprint density at radius 3 is 1.78 bits per heavy atom. The van der Waals surface area contributed by atoms with Gasteiger partial charge in [-0.1, -0.05) is 6.92 Å². The van der Waals surface area contributed by atoms with Gasteiger partial charge in [0.1, 0.15) is 5.60 Å². The summed E-state index contributed by atoms with van der Waals surface area (Å²) in [6, 6.07) is 0. The first-order valence-corrected chi connectivity index (χ1v) is 6.31. The Hall–Kier alpha value is -1.06. The molecule has 0 radical (unpaired) electrons. The lowest BCUT2D eigenvalue weighted by atomic mass is 9.72. The molecule has 0 aromatic heterocycles. The zero-order chi connectivity index (χ0) is 14.8. The third kappa shape index (κ3) is 4.67. The molecular formula is C14H26O4. The summed E-state index contributed by atoms with van der Waals surface area (Å²) in [4.78, 5) is 23.4. The number of hydrogen-bond acceptors (Lipinski definition) is 3. The molecule has 0 bridgehead atoms. The Balaban J connectivity index is 5.03. The molecule has 106 valence electrons. The van der Waals surface area contributed by atoms with Crippen molar-refractivity contribution >= 4 is 11.9 Å². The van der Waals surface area contributed by atoms with Crippen LogP contribution in [-0.4, -0.2) is 22.6 Å². The molecule has 0 aliphatic rings. The van der Waals surface area contributed by atoms with E-state index in [1.165, 1.54) is 0 Å². The van der Waals surface area contributed by atoms with Crippen molar-refractivity contribution in [2.45, 2.75) is 66.9 Å². The third-order valence-electron chi connectivity index (χ3n) is 3.08. The maximum absolute atomic E-state index is 12.2. The number of hydrogen-bond donors (Lipinski definition) is 1. The van der Waals surface area contributed by atoms with Gasteiger partial charge in [-0.3, -0.25) is 9.59 Å². The van der Waals surface area contributed by atoms with E-state index < -0.39 is 22.4 Å². The van der Waals surface area contributed by atoms with E-state index in [2.05, 4.69) is 0 Å².